The average Bonchev–Trinajstić information content (AvgIpc) is 2.78. The number of hydrogen-bond acceptors (Lipinski definition) is 6. The summed E-state index contributed by atoms with van der Waals surface area (Å²) < 4.78 is 36.5. The van der Waals surface area contributed by atoms with Crippen molar-refractivity contribution in [1.29, 1.82) is 0 Å². The van der Waals surface area contributed by atoms with Gasteiger partial charge in [0.2, 0.25) is 11.8 Å². The van der Waals surface area contributed by atoms with E-state index in [0.29, 0.717) is 29.2 Å². The molecule has 0 amide bonds. The number of pyridine rings is 2. The molecule has 0 aromatic carbocycles. The van der Waals surface area contributed by atoms with Crippen molar-refractivity contribution >= 4 is 22.6 Å². The van der Waals surface area contributed by atoms with Gasteiger partial charge < -0.3 is 9.47 Å². The SMILES string of the molecule is CCC1C(F)=CN=C2C=CC(OC)=NC21.CCc1cc2ncc(F)cc2nc1OC. The topological polar surface area (TPSA) is 69.0 Å². The second-order valence-corrected chi connectivity index (χ2v) is 6.73. The summed E-state index contributed by atoms with van der Waals surface area (Å²) in [6.45, 7) is 3.95. The molecule has 2 aliphatic heterocycles. The zero-order chi connectivity index (χ0) is 21.7. The fraction of sp³-hybridized carbons (Fsp3) is 0.364. The molecule has 2 unspecified atom stereocenters. The molecule has 6 nitrogen and oxygen atoms in total. The molecule has 0 spiro atoms. The predicted molar refractivity (Wildman–Crippen MR) is 113 cm³/mol. The third-order valence-corrected chi connectivity index (χ3v) is 4.93. The van der Waals surface area contributed by atoms with Gasteiger partial charge in [0.15, 0.2) is 0 Å². The standard InChI is InChI=1S/C11H11FN2O.C11H13FN2O/c1-3-7-4-9-10(14-11(7)15-2)5-8(12)6-13-9;1-3-7-8(12)6-13-9-4-5-10(15-2)14-11(7)9/h4-6H,3H2,1-2H3;4-7,11H,3H2,1-2H3. The number of rotatable bonds is 3. The molecular formula is C22H24F2N4O2. The van der Waals surface area contributed by atoms with E-state index >= 15 is 0 Å². The number of fused-ring (bicyclic) bond motifs is 2. The molecule has 0 radical (unpaired) electrons. The minimum absolute atomic E-state index is 0.194. The summed E-state index contributed by atoms with van der Waals surface area (Å²) in [6, 6.07) is 3.00. The number of methoxy groups -OCH3 is 2. The Labute approximate surface area is 174 Å². The number of ether oxygens (including phenoxy) is 2. The Morgan fingerprint density at radius 2 is 1.83 bits per heavy atom. The van der Waals surface area contributed by atoms with Gasteiger partial charge in [-0.25, -0.2) is 18.8 Å². The van der Waals surface area contributed by atoms with Gasteiger partial charge in [-0.1, -0.05) is 13.8 Å². The van der Waals surface area contributed by atoms with Crippen molar-refractivity contribution in [2.45, 2.75) is 32.7 Å². The van der Waals surface area contributed by atoms with Crippen LogP contribution >= 0.6 is 0 Å². The van der Waals surface area contributed by atoms with Crippen molar-refractivity contribution in [2.75, 3.05) is 14.2 Å². The highest BCUT2D eigenvalue weighted by molar-refractivity contribution is 6.08. The number of aromatic nitrogens is 2. The van der Waals surface area contributed by atoms with E-state index in [-0.39, 0.29) is 23.6 Å². The highest BCUT2D eigenvalue weighted by atomic mass is 19.1. The van der Waals surface area contributed by atoms with Crippen LogP contribution in [0.4, 0.5) is 8.78 Å². The fourth-order valence-electron chi connectivity index (χ4n) is 3.32. The zero-order valence-corrected chi connectivity index (χ0v) is 17.4. The number of nitrogens with zero attached hydrogens (tertiary/aromatic N) is 4. The number of dihydropyridines is 1. The minimum Gasteiger partial charge on any atom is -0.481 e. The summed E-state index contributed by atoms with van der Waals surface area (Å²) in [7, 11) is 3.11. The quantitative estimate of drug-likeness (QED) is 0.736. The molecule has 0 saturated heterocycles. The van der Waals surface area contributed by atoms with Crippen molar-refractivity contribution < 1.29 is 18.3 Å². The summed E-state index contributed by atoms with van der Waals surface area (Å²) in [5.74, 6) is 0.291. The minimum atomic E-state index is -0.388. The number of hydrogen-bond donors (Lipinski definition) is 0. The van der Waals surface area contributed by atoms with E-state index in [1.807, 2.05) is 26.0 Å². The van der Waals surface area contributed by atoms with Crippen molar-refractivity contribution in [3.8, 4) is 5.88 Å². The van der Waals surface area contributed by atoms with Gasteiger partial charge in [-0.3, -0.25) is 9.98 Å². The third kappa shape index (κ3) is 4.53. The van der Waals surface area contributed by atoms with Crippen molar-refractivity contribution in [3.63, 3.8) is 0 Å². The second kappa shape index (κ2) is 9.56. The van der Waals surface area contributed by atoms with E-state index in [4.69, 9.17) is 9.47 Å². The van der Waals surface area contributed by atoms with Crippen molar-refractivity contribution in [3.05, 3.63) is 53.9 Å². The van der Waals surface area contributed by atoms with Gasteiger partial charge in [-0.2, -0.15) is 0 Å². The molecule has 4 heterocycles. The molecule has 2 atom stereocenters. The molecule has 4 rings (SSSR count). The smallest absolute Gasteiger partial charge is 0.216 e. The summed E-state index contributed by atoms with van der Waals surface area (Å²) in [5.41, 5.74) is 2.99. The maximum absolute atomic E-state index is 13.5. The lowest BCUT2D eigenvalue weighted by Gasteiger charge is -2.26. The third-order valence-electron chi connectivity index (χ3n) is 4.93. The van der Waals surface area contributed by atoms with Crippen LogP contribution in [0.3, 0.4) is 0 Å². The summed E-state index contributed by atoms with van der Waals surface area (Å²) >= 11 is 0. The molecule has 8 heteroatoms. The normalized spacial score (nSPS) is 19.7. The molecular weight excluding hydrogens is 390 g/mol. The van der Waals surface area contributed by atoms with Crippen LogP contribution in [0, 0.1) is 11.7 Å². The highest BCUT2D eigenvalue weighted by Gasteiger charge is 2.31. The van der Waals surface area contributed by atoms with Gasteiger partial charge in [-0.05, 0) is 25.0 Å². The first kappa shape index (κ1) is 21.5. The lowest BCUT2D eigenvalue weighted by molar-refractivity contribution is 0.386. The van der Waals surface area contributed by atoms with Crippen LogP contribution in [-0.2, 0) is 11.2 Å². The van der Waals surface area contributed by atoms with E-state index in [1.165, 1.54) is 18.5 Å². The van der Waals surface area contributed by atoms with Gasteiger partial charge in [0.05, 0.1) is 43.4 Å². The van der Waals surface area contributed by atoms with E-state index in [2.05, 4.69) is 20.0 Å². The van der Waals surface area contributed by atoms with Crippen molar-refractivity contribution in [1.82, 2.24) is 9.97 Å². The van der Waals surface area contributed by atoms with E-state index in [0.717, 1.165) is 17.7 Å². The lowest BCUT2D eigenvalue weighted by Crippen LogP contribution is -2.33. The van der Waals surface area contributed by atoms with Crippen LogP contribution in [0.15, 0.2) is 52.5 Å². The van der Waals surface area contributed by atoms with Crippen LogP contribution in [0.5, 0.6) is 5.88 Å². The van der Waals surface area contributed by atoms with Gasteiger partial charge in [-0.15, -0.1) is 0 Å². The van der Waals surface area contributed by atoms with Crippen LogP contribution in [0.2, 0.25) is 0 Å². The molecule has 0 N–H and O–H groups in total. The van der Waals surface area contributed by atoms with Gasteiger partial charge in [0.25, 0.3) is 0 Å². The Morgan fingerprint density at radius 1 is 1.03 bits per heavy atom. The number of aryl methyl sites for hydroxylation is 1. The Balaban J connectivity index is 0.000000171. The monoisotopic (exact) mass is 414 g/mol. The summed E-state index contributed by atoms with van der Waals surface area (Å²) in [6.07, 6.45) is 7.58. The summed E-state index contributed by atoms with van der Waals surface area (Å²) in [4.78, 5) is 16.5. The Hall–Kier alpha value is -3.16. The maximum atomic E-state index is 13.5. The molecule has 2 aromatic rings. The number of aliphatic imine (C=N–C) groups is 2. The van der Waals surface area contributed by atoms with Crippen LogP contribution in [-0.4, -0.2) is 41.8 Å². The first-order valence-electron chi connectivity index (χ1n) is 9.72. The molecule has 2 aliphatic rings. The Bertz CT molecular complexity index is 1050. The fourth-order valence-corrected chi connectivity index (χ4v) is 3.32. The molecule has 158 valence electrons. The molecule has 0 fully saturated rings. The molecule has 2 aromatic heterocycles. The van der Waals surface area contributed by atoms with Gasteiger partial charge in [0.1, 0.15) is 17.7 Å². The maximum Gasteiger partial charge on any atom is 0.216 e. The Morgan fingerprint density at radius 3 is 2.50 bits per heavy atom. The van der Waals surface area contributed by atoms with Crippen molar-refractivity contribution in [2.24, 2.45) is 15.9 Å². The molecule has 0 aliphatic carbocycles. The Kier molecular flexibility index (Phi) is 6.87. The van der Waals surface area contributed by atoms with Gasteiger partial charge in [0, 0.05) is 23.6 Å². The van der Waals surface area contributed by atoms with Crippen LogP contribution in [0.25, 0.3) is 11.0 Å². The number of halogens is 2. The molecule has 30 heavy (non-hydrogen) atoms. The largest absolute Gasteiger partial charge is 0.481 e. The lowest BCUT2D eigenvalue weighted by atomic mass is 9.89. The van der Waals surface area contributed by atoms with E-state index < -0.39 is 0 Å². The zero-order valence-electron chi connectivity index (χ0n) is 17.4. The van der Waals surface area contributed by atoms with E-state index in [9.17, 15) is 8.78 Å². The highest BCUT2D eigenvalue weighted by Crippen LogP contribution is 2.29. The van der Waals surface area contributed by atoms with E-state index in [1.54, 1.807) is 20.3 Å². The average molecular weight is 414 g/mol. The van der Waals surface area contributed by atoms with Crippen LogP contribution < -0.4 is 4.74 Å². The summed E-state index contributed by atoms with van der Waals surface area (Å²) in [5, 5.41) is 0. The second-order valence-electron chi connectivity index (χ2n) is 6.73. The molecule has 0 bridgehead atoms. The van der Waals surface area contributed by atoms with Crippen LogP contribution in [0.1, 0.15) is 25.8 Å². The predicted octanol–water partition coefficient (Wildman–Crippen LogP) is 4.60. The molecule has 0 saturated carbocycles. The van der Waals surface area contributed by atoms with Gasteiger partial charge >= 0.3 is 0 Å². The first-order valence-corrected chi connectivity index (χ1v) is 9.72. The first-order chi connectivity index (χ1) is 14.5.